The molecule has 1 radical (unpaired) electrons. The maximum Gasteiger partial charge on any atom is 0.0253 e. The minimum absolute atomic E-state index is 0. The molecule has 0 rings (SSSR count). The van der Waals surface area contributed by atoms with Gasteiger partial charge in [-0.2, -0.15) is 0 Å². The molecular weight excluding hydrogens is 91.0 g/mol. The van der Waals surface area contributed by atoms with Crippen molar-refractivity contribution in [1.29, 1.82) is 0 Å². The van der Waals surface area contributed by atoms with Gasteiger partial charge in [-0.1, -0.05) is 6.92 Å². The summed E-state index contributed by atoms with van der Waals surface area (Å²) in [5.41, 5.74) is 0.111. The SMILES string of the molecule is C#CC(C)(C)CC.[Li]. The summed E-state index contributed by atoms with van der Waals surface area (Å²) in [4.78, 5) is 0. The van der Waals surface area contributed by atoms with Gasteiger partial charge in [-0.25, -0.2) is 0 Å². The Labute approximate surface area is 64.2 Å². The third-order valence-corrected chi connectivity index (χ3v) is 1.27. The van der Waals surface area contributed by atoms with E-state index in [0.29, 0.717) is 0 Å². The molecule has 0 atom stereocenters. The van der Waals surface area contributed by atoms with Crippen molar-refractivity contribution in [3.05, 3.63) is 0 Å². The van der Waals surface area contributed by atoms with Crippen molar-refractivity contribution in [1.82, 2.24) is 0 Å². The molecule has 0 aliphatic heterocycles. The van der Waals surface area contributed by atoms with E-state index in [9.17, 15) is 0 Å². The predicted molar refractivity (Wildman–Crippen MR) is 38.7 cm³/mol. The van der Waals surface area contributed by atoms with Crippen LogP contribution in [0.2, 0.25) is 0 Å². The van der Waals surface area contributed by atoms with Gasteiger partial charge in [0.25, 0.3) is 0 Å². The summed E-state index contributed by atoms with van der Waals surface area (Å²) < 4.78 is 0. The smallest absolute Gasteiger partial charge is 0.0253 e. The largest absolute Gasteiger partial charge is 0.120 e. The van der Waals surface area contributed by atoms with Crippen molar-refractivity contribution in [2.75, 3.05) is 0 Å². The number of terminal acetylenes is 1. The molecule has 0 unspecified atom stereocenters. The van der Waals surface area contributed by atoms with E-state index in [1.807, 2.05) is 0 Å². The molecule has 0 amide bonds. The molecular formula is C7H12Li. The summed E-state index contributed by atoms with van der Waals surface area (Å²) in [6.45, 7) is 6.22. The Hall–Kier alpha value is 0.157. The molecule has 0 aromatic heterocycles. The molecule has 0 saturated heterocycles. The third kappa shape index (κ3) is 4.32. The molecule has 0 aliphatic carbocycles. The van der Waals surface area contributed by atoms with Crippen LogP contribution in [0.4, 0.5) is 0 Å². The maximum absolute atomic E-state index is 5.17. The Morgan fingerprint density at radius 1 is 1.50 bits per heavy atom. The Kier molecular flexibility index (Phi) is 5.62. The second-order valence-electron chi connectivity index (χ2n) is 2.38. The van der Waals surface area contributed by atoms with Gasteiger partial charge in [-0.15, -0.1) is 12.3 Å². The summed E-state index contributed by atoms with van der Waals surface area (Å²) >= 11 is 0. The van der Waals surface area contributed by atoms with Crippen LogP contribution in [0.3, 0.4) is 0 Å². The van der Waals surface area contributed by atoms with Gasteiger partial charge < -0.3 is 0 Å². The van der Waals surface area contributed by atoms with Crippen LogP contribution in [-0.2, 0) is 0 Å². The maximum atomic E-state index is 5.17. The molecule has 0 aromatic carbocycles. The van der Waals surface area contributed by atoms with Crippen LogP contribution in [0.25, 0.3) is 0 Å². The number of hydrogen-bond donors (Lipinski definition) is 0. The fourth-order valence-electron chi connectivity index (χ4n) is 0.102. The van der Waals surface area contributed by atoms with Crippen molar-refractivity contribution < 1.29 is 0 Å². The van der Waals surface area contributed by atoms with Gasteiger partial charge in [0.1, 0.15) is 0 Å². The van der Waals surface area contributed by atoms with Crippen molar-refractivity contribution in [3.63, 3.8) is 0 Å². The molecule has 0 heterocycles. The van der Waals surface area contributed by atoms with Gasteiger partial charge >= 0.3 is 0 Å². The molecule has 1 heteroatoms. The van der Waals surface area contributed by atoms with Gasteiger partial charge in [-0.05, 0) is 20.3 Å². The van der Waals surface area contributed by atoms with Gasteiger partial charge in [0.15, 0.2) is 0 Å². The Morgan fingerprint density at radius 3 is 1.88 bits per heavy atom. The fourth-order valence-corrected chi connectivity index (χ4v) is 0.102. The van der Waals surface area contributed by atoms with Crippen LogP contribution in [0, 0.1) is 17.8 Å². The first-order valence-corrected chi connectivity index (χ1v) is 2.60. The summed E-state index contributed by atoms with van der Waals surface area (Å²) in [5, 5.41) is 0. The van der Waals surface area contributed by atoms with E-state index in [1.54, 1.807) is 0 Å². The summed E-state index contributed by atoms with van der Waals surface area (Å²) in [6, 6.07) is 0. The van der Waals surface area contributed by atoms with E-state index < -0.39 is 0 Å². The van der Waals surface area contributed by atoms with Gasteiger partial charge in [0.2, 0.25) is 0 Å². The topological polar surface area (TPSA) is 0 Å². The molecule has 0 aliphatic rings. The van der Waals surface area contributed by atoms with Gasteiger partial charge in [0, 0.05) is 24.3 Å². The van der Waals surface area contributed by atoms with Crippen LogP contribution in [0.5, 0.6) is 0 Å². The molecule has 0 fully saturated rings. The van der Waals surface area contributed by atoms with Gasteiger partial charge in [-0.3, -0.25) is 0 Å². The number of hydrogen-bond acceptors (Lipinski definition) is 0. The van der Waals surface area contributed by atoms with Crippen molar-refractivity contribution in [3.8, 4) is 12.3 Å². The van der Waals surface area contributed by atoms with E-state index in [-0.39, 0.29) is 24.3 Å². The molecule has 8 heavy (non-hydrogen) atoms. The Bertz CT molecular complexity index is 87.1. The minimum atomic E-state index is 0. The first-order chi connectivity index (χ1) is 3.12. The summed E-state index contributed by atoms with van der Waals surface area (Å²) in [6.07, 6.45) is 6.23. The van der Waals surface area contributed by atoms with Crippen molar-refractivity contribution in [2.45, 2.75) is 27.2 Å². The van der Waals surface area contributed by atoms with E-state index in [0.717, 1.165) is 6.42 Å². The summed E-state index contributed by atoms with van der Waals surface area (Å²) in [7, 11) is 0. The van der Waals surface area contributed by atoms with Crippen LogP contribution in [-0.4, -0.2) is 18.9 Å². The first-order valence-electron chi connectivity index (χ1n) is 2.60. The van der Waals surface area contributed by atoms with Crippen LogP contribution in [0.1, 0.15) is 27.2 Å². The Balaban J connectivity index is 0. The molecule has 41 valence electrons. The minimum Gasteiger partial charge on any atom is -0.120 e. The normalized spacial score (nSPS) is 9.25. The second-order valence-corrected chi connectivity index (χ2v) is 2.38. The molecule has 0 spiro atoms. The quantitative estimate of drug-likeness (QED) is 0.350. The summed E-state index contributed by atoms with van der Waals surface area (Å²) in [5.74, 6) is 2.69. The van der Waals surface area contributed by atoms with E-state index >= 15 is 0 Å². The number of rotatable bonds is 1. The monoisotopic (exact) mass is 103 g/mol. The van der Waals surface area contributed by atoms with Crippen molar-refractivity contribution in [2.24, 2.45) is 5.41 Å². The molecule has 0 aromatic rings. The molecule has 0 bridgehead atoms. The zero-order chi connectivity index (χ0) is 5.91. The Morgan fingerprint density at radius 2 is 1.88 bits per heavy atom. The van der Waals surface area contributed by atoms with E-state index in [1.165, 1.54) is 0 Å². The van der Waals surface area contributed by atoms with Crippen LogP contribution < -0.4 is 0 Å². The van der Waals surface area contributed by atoms with E-state index in [2.05, 4.69) is 26.7 Å². The van der Waals surface area contributed by atoms with Gasteiger partial charge in [0.05, 0.1) is 0 Å². The van der Waals surface area contributed by atoms with Crippen LogP contribution >= 0.6 is 0 Å². The molecule has 0 nitrogen and oxygen atoms in total. The zero-order valence-electron chi connectivity index (χ0n) is 6.28. The third-order valence-electron chi connectivity index (χ3n) is 1.27. The average molecular weight is 103 g/mol. The fraction of sp³-hybridized carbons (Fsp3) is 0.714. The van der Waals surface area contributed by atoms with Crippen LogP contribution in [0.15, 0.2) is 0 Å². The average Bonchev–Trinajstić information content (AvgIpc) is 1.68. The molecule has 0 N–H and O–H groups in total. The van der Waals surface area contributed by atoms with Crippen molar-refractivity contribution >= 4 is 18.9 Å². The molecule has 0 saturated carbocycles. The zero-order valence-corrected chi connectivity index (χ0v) is 6.28. The second kappa shape index (κ2) is 4.08. The van der Waals surface area contributed by atoms with E-state index in [4.69, 9.17) is 6.42 Å². The predicted octanol–water partition coefficient (Wildman–Crippen LogP) is 1.68. The standard InChI is InChI=1S/C7H12.Li/c1-5-7(3,4)6-2;/h1H,6H2,2-4H3;. The first kappa shape index (κ1) is 11.0.